The second-order valence-electron chi connectivity index (χ2n) is 4.46. The van der Waals surface area contributed by atoms with Crippen LogP contribution in [0.15, 0.2) is 12.1 Å². The normalized spacial score (nSPS) is 16.6. The van der Waals surface area contributed by atoms with Gasteiger partial charge in [-0.2, -0.15) is 0 Å². The van der Waals surface area contributed by atoms with Crippen LogP contribution in [0.5, 0.6) is 0 Å². The summed E-state index contributed by atoms with van der Waals surface area (Å²) in [4.78, 5) is 17.7. The molecule has 1 saturated heterocycles. The minimum absolute atomic E-state index is 0.357. The van der Waals surface area contributed by atoms with Crippen LogP contribution in [0.4, 0.5) is 5.82 Å². The van der Waals surface area contributed by atoms with E-state index in [2.05, 4.69) is 10.3 Å². The lowest BCUT2D eigenvalue weighted by Gasteiger charge is -2.33. The first kappa shape index (κ1) is 13.1. The first-order valence-electron chi connectivity index (χ1n) is 5.99. The van der Waals surface area contributed by atoms with Crippen LogP contribution in [0.2, 0.25) is 5.15 Å². The summed E-state index contributed by atoms with van der Waals surface area (Å²) in [5, 5.41) is 3.68. The topological polar surface area (TPSA) is 71.2 Å². The minimum atomic E-state index is -0.477. The lowest BCUT2D eigenvalue weighted by atomic mass is 10.0. The van der Waals surface area contributed by atoms with E-state index in [1.54, 1.807) is 12.1 Å². The molecular formula is C12H17ClN4O. The molecule has 0 spiro atoms. The highest BCUT2D eigenvalue weighted by atomic mass is 35.5. The van der Waals surface area contributed by atoms with Gasteiger partial charge < -0.3 is 16.0 Å². The Balaban J connectivity index is 2.30. The molecule has 0 radical (unpaired) electrons. The van der Waals surface area contributed by atoms with Crippen LogP contribution in [-0.4, -0.2) is 37.1 Å². The number of aromatic nitrogens is 1. The molecule has 1 aliphatic rings. The molecule has 0 bridgehead atoms. The van der Waals surface area contributed by atoms with Gasteiger partial charge in [-0.3, -0.25) is 4.79 Å². The molecule has 0 unspecified atom stereocenters. The van der Waals surface area contributed by atoms with E-state index in [1.807, 2.05) is 11.9 Å². The molecule has 98 valence electrons. The molecule has 1 amide bonds. The summed E-state index contributed by atoms with van der Waals surface area (Å²) in [6.07, 6.45) is 2.03. The van der Waals surface area contributed by atoms with Gasteiger partial charge in [0.25, 0.3) is 5.91 Å². The predicted octanol–water partition coefficient (Wildman–Crippen LogP) is 1.02. The molecule has 0 atom stereocenters. The van der Waals surface area contributed by atoms with Crippen molar-refractivity contribution in [2.24, 2.45) is 5.73 Å². The fourth-order valence-electron chi connectivity index (χ4n) is 2.25. The Morgan fingerprint density at radius 3 is 2.78 bits per heavy atom. The minimum Gasteiger partial charge on any atom is -0.365 e. The van der Waals surface area contributed by atoms with Gasteiger partial charge in [0.05, 0.1) is 5.56 Å². The van der Waals surface area contributed by atoms with Gasteiger partial charge in [0, 0.05) is 13.1 Å². The molecule has 2 heterocycles. The molecule has 3 N–H and O–H groups in total. The average molecular weight is 269 g/mol. The van der Waals surface area contributed by atoms with Crippen molar-refractivity contribution in [2.45, 2.75) is 18.9 Å². The van der Waals surface area contributed by atoms with E-state index >= 15 is 0 Å². The van der Waals surface area contributed by atoms with Crippen molar-refractivity contribution in [3.63, 3.8) is 0 Å². The monoisotopic (exact) mass is 268 g/mol. The van der Waals surface area contributed by atoms with E-state index in [0.29, 0.717) is 22.6 Å². The lowest BCUT2D eigenvalue weighted by Crippen LogP contribution is -2.42. The fourth-order valence-corrected chi connectivity index (χ4v) is 2.40. The summed E-state index contributed by atoms with van der Waals surface area (Å²) in [6, 6.07) is 3.57. The Morgan fingerprint density at radius 2 is 2.17 bits per heavy atom. The number of nitrogens with zero attached hydrogens (tertiary/aromatic N) is 2. The highest BCUT2D eigenvalue weighted by Crippen LogP contribution is 2.23. The largest absolute Gasteiger partial charge is 0.365 e. The number of pyridine rings is 1. The zero-order valence-corrected chi connectivity index (χ0v) is 11.1. The van der Waals surface area contributed by atoms with Gasteiger partial charge in [0.15, 0.2) is 0 Å². The lowest BCUT2D eigenvalue weighted by molar-refractivity contribution is 0.100. The van der Waals surface area contributed by atoms with Gasteiger partial charge in [-0.1, -0.05) is 11.6 Å². The van der Waals surface area contributed by atoms with Gasteiger partial charge in [0.2, 0.25) is 0 Å². The molecule has 1 aromatic rings. The molecule has 18 heavy (non-hydrogen) atoms. The maximum atomic E-state index is 11.4. The summed E-state index contributed by atoms with van der Waals surface area (Å²) in [6.45, 7) is 1.95. The Kier molecular flexibility index (Phi) is 4.04. The number of nitrogens with one attached hydrogen (secondary N) is 1. The van der Waals surface area contributed by atoms with Crippen molar-refractivity contribution >= 4 is 23.3 Å². The number of carbonyl (C=O) groups excluding carboxylic acids is 1. The second-order valence-corrected chi connectivity index (χ2v) is 4.85. The number of hydrogen-bond acceptors (Lipinski definition) is 4. The van der Waals surface area contributed by atoms with Crippen molar-refractivity contribution in [3.05, 3.63) is 22.8 Å². The molecule has 6 heteroatoms. The summed E-state index contributed by atoms with van der Waals surface area (Å²) in [5.74, 6) is 0.0943. The molecule has 0 saturated carbocycles. The molecule has 1 aromatic heterocycles. The van der Waals surface area contributed by atoms with Crippen LogP contribution in [0.1, 0.15) is 23.2 Å². The van der Waals surface area contributed by atoms with Crippen molar-refractivity contribution < 1.29 is 4.79 Å². The number of piperidine rings is 1. The molecule has 0 aromatic carbocycles. The van der Waals surface area contributed by atoms with Gasteiger partial charge in [-0.05, 0) is 38.1 Å². The van der Waals surface area contributed by atoms with E-state index in [9.17, 15) is 4.79 Å². The van der Waals surface area contributed by atoms with Crippen LogP contribution >= 0.6 is 11.6 Å². The van der Waals surface area contributed by atoms with Gasteiger partial charge >= 0.3 is 0 Å². The van der Waals surface area contributed by atoms with Crippen LogP contribution in [0, 0.1) is 0 Å². The number of nitrogens with two attached hydrogens (primary N) is 1. The summed E-state index contributed by atoms with van der Waals surface area (Å²) < 4.78 is 0. The SMILES string of the molecule is CN(c1nc(Cl)ccc1C(N)=O)C1CCNCC1. The van der Waals surface area contributed by atoms with Crippen LogP contribution in [-0.2, 0) is 0 Å². The first-order valence-corrected chi connectivity index (χ1v) is 6.37. The number of primary amides is 1. The predicted molar refractivity (Wildman–Crippen MR) is 72.1 cm³/mol. The molecule has 1 fully saturated rings. The molecule has 5 nitrogen and oxygen atoms in total. The Labute approximate surface area is 111 Å². The highest BCUT2D eigenvalue weighted by molar-refractivity contribution is 6.29. The van der Waals surface area contributed by atoms with Gasteiger partial charge in [-0.25, -0.2) is 4.98 Å². The standard InChI is InChI=1S/C12H17ClN4O/c1-17(8-4-6-15-7-5-8)12-9(11(14)18)2-3-10(13)16-12/h2-3,8,15H,4-7H2,1H3,(H2,14,18). The smallest absolute Gasteiger partial charge is 0.252 e. The third kappa shape index (κ3) is 2.73. The van der Waals surface area contributed by atoms with E-state index in [0.717, 1.165) is 25.9 Å². The van der Waals surface area contributed by atoms with Crippen LogP contribution in [0.25, 0.3) is 0 Å². The molecule has 1 aliphatic heterocycles. The average Bonchev–Trinajstić information content (AvgIpc) is 2.38. The summed E-state index contributed by atoms with van der Waals surface area (Å²) in [5.41, 5.74) is 5.79. The number of rotatable bonds is 3. The maximum absolute atomic E-state index is 11.4. The van der Waals surface area contributed by atoms with Crippen molar-refractivity contribution in [1.29, 1.82) is 0 Å². The number of carbonyl (C=O) groups is 1. The first-order chi connectivity index (χ1) is 8.59. The molecule has 0 aliphatic carbocycles. The number of hydrogen-bond donors (Lipinski definition) is 2. The number of halogens is 1. The zero-order valence-electron chi connectivity index (χ0n) is 10.3. The van der Waals surface area contributed by atoms with E-state index < -0.39 is 5.91 Å². The van der Waals surface area contributed by atoms with E-state index in [1.165, 1.54) is 0 Å². The third-order valence-corrected chi connectivity index (χ3v) is 3.51. The molecular weight excluding hydrogens is 252 g/mol. The Hall–Kier alpha value is -1.33. The maximum Gasteiger partial charge on any atom is 0.252 e. The summed E-state index contributed by atoms with van der Waals surface area (Å²) in [7, 11) is 1.93. The second kappa shape index (κ2) is 5.54. The summed E-state index contributed by atoms with van der Waals surface area (Å²) >= 11 is 5.90. The van der Waals surface area contributed by atoms with Crippen molar-refractivity contribution in [1.82, 2.24) is 10.3 Å². The van der Waals surface area contributed by atoms with Gasteiger partial charge in [0.1, 0.15) is 11.0 Å². The van der Waals surface area contributed by atoms with Crippen LogP contribution in [0.3, 0.4) is 0 Å². The van der Waals surface area contributed by atoms with Crippen LogP contribution < -0.4 is 16.0 Å². The van der Waals surface area contributed by atoms with E-state index in [-0.39, 0.29) is 0 Å². The number of anilines is 1. The Bertz CT molecular complexity index is 446. The highest BCUT2D eigenvalue weighted by Gasteiger charge is 2.22. The van der Waals surface area contributed by atoms with E-state index in [4.69, 9.17) is 17.3 Å². The zero-order chi connectivity index (χ0) is 13.1. The van der Waals surface area contributed by atoms with Crippen molar-refractivity contribution in [3.8, 4) is 0 Å². The van der Waals surface area contributed by atoms with Crippen molar-refractivity contribution in [2.75, 3.05) is 25.0 Å². The quantitative estimate of drug-likeness (QED) is 0.803. The third-order valence-electron chi connectivity index (χ3n) is 3.30. The molecule has 2 rings (SSSR count). The Morgan fingerprint density at radius 1 is 1.50 bits per heavy atom. The number of amides is 1. The fraction of sp³-hybridized carbons (Fsp3) is 0.500. The van der Waals surface area contributed by atoms with Gasteiger partial charge in [-0.15, -0.1) is 0 Å².